The van der Waals surface area contributed by atoms with Crippen molar-refractivity contribution in [1.29, 1.82) is 0 Å². The largest absolute Gasteiger partial charge is 0.378 e. The van der Waals surface area contributed by atoms with Crippen LogP contribution >= 0.6 is 0 Å². The Labute approximate surface area is 120 Å². The second-order valence-electron chi connectivity index (χ2n) is 5.68. The molecule has 1 fully saturated rings. The normalized spacial score (nSPS) is 17.1. The highest BCUT2D eigenvalue weighted by atomic mass is 16.6. The van der Waals surface area contributed by atoms with Crippen LogP contribution in [0.5, 0.6) is 0 Å². The summed E-state index contributed by atoms with van der Waals surface area (Å²) in [5, 5.41) is 14.3. The second-order valence-corrected chi connectivity index (χ2v) is 5.68. The monoisotopic (exact) mass is 277 g/mol. The first-order chi connectivity index (χ1) is 9.58. The Hall–Kier alpha value is -1.62. The highest BCUT2D eigenvalue weighted by molar-refractivity contribution is 5.64. The predicted molar refractivity (Wildman–Crippen MR) is 81.2 cm³/mol. The zero-order chi connectivity index (χ0) is 14.5. The van der Waals surface area contributed by atoms with Crippen LogP contribution in [0.3, 0.4) is 0 Å². The summed E-state index contributed by atoms with van der Waals surface area (Å²) in [6.45, 7) is 8.04. The topological polar surface area (TPSA) is 58.4 Å². The fraction of sp³-hybridized carbons (Fsp3) is 0.600. The van der Waals surface area contributed by atoms with Crippen LogP contribution in [0.4, 0.5) is 11.4 Å². The van der Waals surface area contributed by atoms with Crippen LogP contribution in [0.1, 0.15) is 25.3 Å². The number of anilines is 1. The molecule has 5 heteroatoms. The lowest BCUT2D eigenvalue weighted by Crippen LogP contribution is -2.36. The Kier molecular flexibility index (Phi) is 4.95. The molecule has 1 aliphatic heterocycles. The third-order valence-corrected chi connectivity index (χ3v) is 4.04. The lowest BCUT2D eigenvalue weighted by atomic mass is 9.99. The first-order valence-corrected chi connectivity index (χ1v) is 7.28. The van der Waals surface area contributed by atoms with E-state index >= 15 is 0 Å². The van der Waals surface area contributed by atoms with Crippen molar-refractivity contribution in [2.75, 3.05) is 31.5 Å². The number of likely N-dealkylation sites (tertiary alicyclic amines) is 1. The molecule has 20 heavy (non-hydrogen) atoms. The number of rotatable bonds is 5. The van der Waals surface area contributed by atoms with Gasteiger partial charge in [0.1, 0.15) is 5.69 Å². The molecule has 0 atom stereocenters. The summed E-state index contributed by atoms with van der Waals surface area (Å²) in [5.41, 5.74) is 1.52. The van der Waals surface area contributed by atoms with Crippen molar-refractivity contribution in [1.82, 2.24) is 4.90 Å². The molecule has 0 aromatic heterocycles. The molecule has 1 aromatic rings. The van der Waals surface area contributed by atoms with Crippen LogP contribution in [-0.2, 0) is 0 Å². The van der Waals surface area contributed by atoms with Crippen LogP contribution in [0, 0.1) is 23.0 Å². The maximum atomic E-state index is 11.1. The highest BCUT2D eigenvalue weighted by Gasteiger charge is 2.18. The van der Waals surface area contributed by atoms with Crippen LogP contribution in [0.2, 0.25) is 0 Å². The number of piperidine rings is 1. The number of nitrogens with one attached hydrogen (secondary N) is 1. The Bertz CT molecular complexity index is 468. The van der Waals surface area contributed by atoms with Gasteiger partial charge in [0.15, 0.2) is 0 Å². The van der Waals surface area contributed by atoms with Crippen molar-refractivity contribution in [3.8, 4) is 0 Å². The van der Waals surface area contributed by atoms with E-state index in [1.165, 1.54) is 12.8 Å². The maximum absolute atomic E-state index is 11.1. The van der Waals surface area contributed by atoms with Gasteiger partial charge in [0.2, 0.25) is 0 Å². The predicted octanol–water partition coefficient (Wildman–Crippen LogP) is 3.05. The number of aryl methyl sites for hydroxylation is 1. The molecule has 1 aromatic carbocycles. The lowest BCUT2D eigenvalue weighted by Gasteiger charge is -2.30. The zero-order valence-electron chi connectivity index (χ0n) is 12.3. The molecule has 1 saturated heterocycles. The number of para-hydroxylation sites is 1. The van der Waals surface area contributed by atoms with Gasteiger partial charge in [0.25, 0.3) is 5.69 Å². The van der Waals surface area contributed by atoms with Crippen LogP contribution in [0.25, 0.3) is 0 Å². The minimum Gasteiger partial charge on any atom is -0.378 e. The van der Waals surface area contributed by atoms with Crippen LogP contribution in [-0.4, -0.2) is 36.0 Å². The summed E-state index contributed by atoms with van der Waals surface area (Å²) in [5.74, 6) is 0.831. The number of nitrogens with zero attached hydrogens (tertiary/aromatic N) is 2. The summed E-state index contributed by atoms with van der Waals surface area (Å²) < 4.78 is 0. The van der Waals surface area contributed by atoms with Gasteiger partial charge in [0.05, 0.1) is 4.92 Å². The van der Waals surface area contributed by atoms with Crippen molar-refractivity contribution in [3.63, 3.8) is 0 Å². The molecule has 0 saturated carbocycles. The average Bonchev–Trinajstić information content (AvgIpc) is 2.40. The molecule has 1 N–H and O–H groups in total. The Morgan fingerprint density at radius 1 is 1.40 bits per heavy atom. The Morgan fingerprint density at radius 3 is 2.75 bits per heavy atom. The van der Waals surface area contributed by atoms with Crippen molar-refractivity contribution in [2.45, 2.75) is 26.7 Å². The van der Waals surface area contributed by atoms with E-state index in [1.54, 1.807) is 19.1 Å². The fourth-order valence-corrected chi connectivity index (χ4v) is 2.68. The lowest BCUT2D eigenvalue weighted by molar-refractivity contribution is -0.384. The Balaban J connectivity index is 1.88. The van der Waals surface area contributed by atoms with Gasteiger partial charge in [-0.25, -0.2) is 0 Å². The summed E-state index contributed by atoms with van der Waals surface area (Å²) >= 11 is 0. The van der Waals surface area contributed by atoms with E-state index in [1.807, 2.05) is 6.07 Å². The van der Waals surface area contributed by atoms with Crippen molar-refractivity contribution < 1.29 is 4.92 Å². The van der Waals surface area contributed by atoms with E-state index in [4.69, 9.17) is 0 Å². The first-order valence-electron chi connectivity index (χ1n) is 7.28. The van der Waals surface area contributed by atoms with Gasteiger partial charge in [-0.05, 0) is 44.8 Å². The van der Waals surface area contributed by atoms with Gasteiger partial charge in [-0.2, -0.15) is 0 Å². The summed E-state index contributed by atoms with van der Waals surface area (Å²) in [7, 11) is 0. The van der Waals surface area contributed by atoms with Gasteiger partial charge >= 0.3 is 0 Å². The second kappa shape index (κ2) is 6.70. The van der Waals surface area contributed by atoms with E-state index < -0.39 is 0 Å². The summed E-state index contributed by atoms with van der Waals surface area (Å²) in [4.78, 5) is 13.2. The molecule has 1 heterocycles. The molecular weight excluding hydrogens is 254 g/mol. The van der Waals surface area contributed by atoms with Gasteiger partial charge in [-0.15, -0.1) is 0 Å². The first kappa shape index (κ1) is 14.8. The Morgan fingerprint density at radius 2 is 2.10 bits per heavy atom. The van der Waals surface area contributed by atoms with E-state index in [9.17, 15) is 10.1 Å². The number of nitro groups is 1. The molecule has 0 bridgehead atoms. The van der Waals surface area contributed by atoms with Gasteiger partial charge in [0, 0.05) is 18.7 Å². The number of nitro benzene ring substituents is 1. The minimum absolute atomic E-state index is 0.194. The quantitative estimate of drug-likeness (QED) is 0.664. The molecule has 0 unspecified atom stereocenters. The third kappa shape index (κ3) is 3.70. The fourth-order valence-electron chi connectivity index (χ4n) is 2.68. The molecule has 0 amide bonds. The van der Waals surface area contributed by atoms with E-state index in [-0.39, 0.29) is 10.6 Å². The van der Waals surface area contributed by atoms with Gasteiger partial charge < -0.3 is 10.2 Å². The van der Waals surface area contributed by atoms with Crippen LogP contribution in [0.15, 0.2) is 18.2 Å². The summed E-state index contributed by atoms with van der Waals surface area (Å²) in [6, 6.07) is 5.41. The molecule has 1 aliphatic rings. The molecule has 0 spiro atoms. The van der Waals surface area contributed by atoms with Crippen molar-refractivity contribution in [3.05, 3.63) is 33.9 Å². The molecule has 0 aliphatic carbocycles. The molecule has 110 valence electrons. The molecule has 0 radical (unpaired) electrons. The number of hydrogen-bond donors (Lipinski definition) is 1. The SMILES string of the molecule is Cc1cccc(NCCN2CCC(C)CC2)c1[N+](=O)[O-]. The molecular formula is C15H23N3O2. The maximum Gasteiger partial charge on any atom is 0.295 e. The van der Waals surface area contributed by atoms with Gasteiger partial charge in [-0.3, -0.25) is 10.1 Å². The van der Waals surface area contributed by atoms with Crippen molar-refractivity contribution in [2.24, 2.45) is 5.92 Å². The van der Waals surface area contributed by atoms with E-state index in [0.717, 1.165) is 32.1 Å². The van der Waals surface area contributed by atoms with Gasteiger partial charge in [-0.1, -0.05) is 19.1 Å². The smallest absolute Gasteiger partial charge is 0.295 e. The van der Waals surface area contributed by atoms with E-state index in [2.05, 4.69) is 17.1 Å². The highest BCUT2D eigenvalue weighted by Crippen LogP contribution is 2.27. The summed E-state index contributed by atoms with van der Waals surface area (Å²) in [6.07, 6.45) is 2.51. The zero-order valence-corrected chi connectivity index (χ0v) is 12.3. The number of hydrogen-bond acceptors (Lipinski definition) is 4. The minimum atomic E-state index is -0.305. The average molecular weight is 277 g/mol. The molecule has 2 rings (SSSR count). The van der Waals surface area contributed by atoms with Crippen LogP contribution < -0.4 is 5.32 Å². The third-order valence-electron chi connectivity index (χ3n) is 4.04. The van der Waals surface area contributed by atoms with Crippen molar-refractivity contribution >= 4 is 11.4 Å². The standard InChI is InChI=1S/C15H23N3O2/c1-12-6-9-17(10-7-12)11-8-16-14-5-3-4-13(2)15(14)18(19)20/h3-5,12,16H,6-11H2,1-2H3. The molecule has 5 nitrogen and oxygen atoms in total. The number of benzene rings is 1. The van der Waals surface area contributed by atoms with E-state index in [0.29, 0.717) is 11.3 Å².